The SMILES string of the molecule is O=[N+]([O-])[O-].O=[N+]([O-])[O-].[Nd]. The molecule has 0 aromatic carbocycles. The molecule has 0 heterocycles. The summed E-state index contributed by atoms with van der Waals surface area (Å²) in [6, 6.07) is 0. The molecule has 0 saturated heterocycles. The van der Waals surface area contributed by atoms with Crippen LogP contribution in [0.5, 0.6) is 0 Å². The number of hydrogen-bond acceptors (Lipinski definition) is 6. The van der Waals surface area contributed by atoms with E-state index in [4.69, 9.17) is 30.6 Å². The Balaban J connectivity index is -0.0000000720. The summed E-state index contributed by atoms with van der Waals surface area (Å²) in [6.07, 6.45) is 0. The van der Waals surface area contributed by atoms with Gasteiger partial charge >= 0.3 is 0 Å². The van der Waals surface area contributed by atoms with Gasteiger partial charge in [0.05, 0.1) is 10.2 Å². The first-order chi connectivity index (χ1) is 3.46. The van der Waals surface area contributed by atoms with Gasteiger partial charge in [0.25, 0.3) is 0 Å². The molecule has 0 saturated carbocycles. The maximum atomic E-state index is 8.25. The molecule has 52 valence electrons. The van der Waals surface area contributed by atoms with E-state index in [0.29, 0.717) is 0 Å². The van der Waals surface area contributed by atoms with E-state index in [1.165, 1.54) is 0 Å². The topological polar surface area (TPSA) is 132 Å². The molecule has 0 atom stereocenters. The average molecular weight is 268 g/mol. The fraction of sp³-hybridized carbons (Fsp3) is 0. The van der Waals surface area contributed by atoms with Crippen LogP contribution < -0.4 is 0 Å². The van der Waals surface area contributed by atoms with Crippen molar-refractivity contribution in [2.24, 2.45) is 0 Å². The van der Waals surface area contributed by atoms with Crippen LogP contribution in [-0.2, 0) is 0 Å². The molecule has 0 bridgehead atoms. The van der Waals surface area contributed by atoms with Crippen LogP contribution in [-0.4, -0.2) is 10.2 Å². The molecule has 0 amide bonds. The van der Waals surface area contributed by atoms with Gasteiger partial charge in [-0.1, -0.05) is 0 Å². The minimum absolute atomic E-state index is 0. The minimum atomic E-state index is -1.75. The summed E-state index contributed by atoms with van der Waals surface area (Å²) in [7, 11) is 0. The van der Waals surface area contributed by atoms with E-state index in [1.807, 2.05) is 0 Å². The van der Waals surface area contributed by atoms with Crippen molar-refractivity contribution < 1.29 is 51.0 Å². The Morgan fingerprint density at radius 1 is 0.778 bits per heavy atom. The van der Waals surface area contributed by atoms with Gasteiger partial charge in [-0.3, -0.25) is 0 Å². The van der Waals surface area contributed by atoms with E-state index in [1.54, 1.807) is 0 Å². The summed E-state index contributed by atoms with van der Waals surface area (Å²) >= 11 is 0. The Labute approximate surface area is 81.2 Å². The monoisotopic (exact) mass is 266 g/mol. The Morgan fingerprint density at radius 2 is 0.778 bits per heavy atom. The molecule has 0 rings (SSSR count). The molecule has 0 fully saturated rings. The van der Waals surface area contributed by atoms with Crippen molar-refractivity contribution in [3.63, 3.8) is 0 Å². The smallest absolute Gasteiger partial charge is 0.0689 e. The van der Waals surface area contributed by atoms with Gasteiger partial charge in [0, 0.05) is 40.8 Å². The van der Waals surface area contributed by atoms with E-state index < -0.39 is 10.2 Å². The van der Waals surface area contributed by atoms with Crippen molar-refractivity contribution >= 4 is 0 Å². The Bertz CT molecular complexity index is 69.1. The second kappa shape index (κ2) is 10.7. The van der Waals surface area contributed by atoms with Crippen LogP contribution in [0.3, 0.4) is 0 Å². The fourth-order valence-electron chi connectivity index (χ4n) is 0. The van der Waals surface area contributed by atoms with Crippen molar-refractivity contribution in [2.45, 2.75) is 0 Å². The molecule has 0 unspecified atom stereocenters. The minimum Gasteiger partial charge on any atom is -0.356 e. The van der Waals surface area contributed by atoms with Gasteiger partial charge in [0.2, 0.25) is 0 Å². The van der Waals surface area contributed by atoms with Gasteiger partial charge in [-0.05, 0) is 0 Å². The van der Waals surface area contributed by atoms with Crippen molar-refractivity contribution in [3.05, 3.63) is 30.6 Å². The summed E-state index contributed by atoms with van der Waals surface area (Å²) in [5, 5.41) is 29.5. The van der Waals surface area contributed by atoms with Gasteiger partial charge in [-0.15, -0.1) is 0 Å². The zero-order valence-electron chi connectivity index (χ0n) is 3.84. The standard InChI is InChI=1S/2NO3.Nd/c2*2-1(3)4;/q2*-1;. The van der Waals surface area contributed by atoms with Crippen LogP contribution in [0.2, 0.25) is 0 Å². The average Bonchev–Trinajstić information content (AvgIpc) is 1.25. The number of nitrogens with zero attached hydrogens (tertiary/aromatic N) is 2. The molecular weight excluding hydrogens is 268 g/mol. The van der Waals surface area contributed by atoms with Crippen LogP contribution in [0.25, 0.3) is 0 Å². The van der Waals surface area contributed by atoms with Crippen LogP contribution in [0.4, 0.5) is 0 Å². The molecule has 0 aromatic rings. The molecule has 0 N–H and O–H groups in total. The third-order valence-corrected chi connectivity index (χ3v) is 0. The van der Waals surface area contributed by atoms with E-state index in [-0.39, 0.29) is 40.8 Å². The normalized spacial score (nSPS) is 5.33. The van der Waals surface area contributed by atoms with Gasteiger partial charge in [-0.25, -0.2) is 0 Å². The third kappa shape index (κ3) is 4120. The second-order valence-electron chi connectivity index (χ2n) is 0.447. The zero-order chi connectivity index (χ0) is 7.15. The van der Waals surface area contributed by atoms with E-state index in [0.717, 1.165) is 0 Å². The van der Waals surface area contributed by atoms with E-state index in [2.05, 4.69) is 0 Å². The van der Waals surface area contributed by atoms with Crippen LogP contribution in [0.15, 0.2) is 0 Å². The first-order valence-electron chi connectivity index (χ1n) is 1.10. The summed E-state index contributed by atoms with van der Waals surface area (Å²) in [4.78, 5) is 16.5. The van der Waals surface area contributed by atoms with Crippen LogP contribution >= 0.6 is 0 Å². The quantitative estimate of drug-likeness (QED) is 0.430. The van der Waals surface area contributed by atoms with Gasteiger partial charge < -0.3 is 30.6 Å². The van der Waals surface area contributed by atoms with E-state index >= 15 is 0 Å². The summed E-state index contributed by atoms with van der Waals surface area (Å²) in [5.74, 6) is 0. The van der Waals surface area contributed by atoms with Crippen molar-refractivity contribution in [1.82, 2.24) is 0 Å². The second-order valence-corrected chi connectivity index (χ2v) is 0.447. The molecule has 0 aliphatic rings. The molecule has 0 aliphatic heterocycles. The van der Waals surface area contributed by atoms with E-state index in [9.17, 15) is 0 Å². The zero-order valence-corrected chi connectivity index (χ0v) is 7.05. The predicted molar refractivity (Wildman–Crippen MR) is 20.7 cm³/mol. The fourth-order valence-corrected chi connectivity index (χ4v) is 0. The molecular formula is N2NdO6-2. The summed E-state index contributed by atoms with van der Waals surface area (Å²) in [6.45, 7) is 0. The van der Waals surface area contributed by atoms with Crippen LogP contribution in [0, 0.1) is 71.5 Å². The van der Waals surface area contributed by atoms with Gasteiger partial charge in [0.15, 0.2) is 0 Å². The van der Waals surface area contributed by atoms with Crippen LogP contribution in [0.1, 0.15) is 0 Å². The molecule has 0 radical (unpaired) electrons. The Kier molecular flexibility index (Phi) is 18.9. The molecule has 0 aromatic heterocycles. The molecule has 9 heteroatoms. The first-order valence-corrected chi connectivity index (χ1v) is 1.10. The van der Waals surface area contributed by atoms with Gasteiger partial charge in [0.1, 0.15) is 0 Å². The number of rotatable bonds is 0. The summed E-state index contributed by atoms with van der Waals surface area (Å²) < 4.78 is 0. The third-order valence-electron chi connectivity index (χ3n) is 0. The largest absolute Gasteiger partial charge is 0.356 e. The predicted octanol–water partition coefficient (Wildman–Crippen LogP) is -0.478. The van der Waals surface area contributed by atoms with Gasteiger partial charge in [-0.2, -0.15) is 0 Å². The Morgan fingerprint density at radius 3 is 0.778 bits per heavy atom. The molecule has 0 spiro atoms. The molecule has 8 nitrogen and oxygen atoms in total. The van der Waals surface area contributed by atoms with Crippen molar-refractivity contribution in [1.29, 1.82) is 0 Å². The molecule has 0 aliphatic carbocycles. The maximum Gasteiger partial charge on any atom is 0.0689 e. The Hall–Kier alpha value is -0.249. The maximum absolute atomic E-state index is 8.25. The van der Waals surface area contributed by atoms with Crippen molar-refractivity contribution in [2.75, 3.05) is 0 Å². The molecule has 9 heavy (non-hydrogen) atoms. The summed E-state index contributed by atoms with van der Waals surface area (Å²) in [5.41, 5.74) is 0. The van der Waals surface area contributed by atoms with Crippen molar-refractivity contribution in [3.8, 4) is 0 Å². The first kappa shape index (κ1) is 15.9. The number of hydrogen-bond donors (Lipinski definition) is 0.